The van der Waals surface area contributed by atoms with E-state index >= 15 is 0 Å². The number of aromatic nitrogens is 2. The second kappa shape index (κ2) is 7.83. The summed E-state index contributed by atoms with van der Waals surface area (Å²) in [6, 6.07) is 10.1. The van der Waals surface area contributed by atoms with Crippen LogP contribution < -0.4 is 0 Å². The molecular formula is C18H16ClN5O4. The Labute approximate surface area is 164 Å². The quantitative estimate of drug-likeness (QED) is 0.399. The van der Waals surface area contributed by atoms with Crippen molar-refractivity contribution in [2.45, 2.75) is 0 Å². The van der Waals surface area contributed by atoms with Crippen molar-refractivity contribution in [2.24, 2.45) is 5.10 Å². The number of H-pyrrole nitrogens is 1. The molecule has 0 atom stereocenters. The summed E-state index contributed by atoms with van der Waals surface area (Å²) in [5, 5.41) is 25.3. The van der Waals surface area contributed by atoms with Gasteiger partial charge in [0.25, 0.3) is 0 Å². The summed E-state index contributed by atoms with van der Waals surface area (Å²) in [5.41, 5.74) is 2.59. The Hall–Kier alpha value is -3.17. The Kier molecular flexibility index (Phi) is 5.09. The minimum absolute atomic E-state index is 0.284. The fourth-order valence-electron chi connectivity index (χ4n) is 2.88. The number of hydrazone groups is 1. The van der Waals surface area contributed by atoms with Crippen LogP contribution in [0.15, 0.2) is 52.1 Å². The van der Waals surface area contributed by atoms with Gasteiger partial charge in [0.05, 0.1) is 37.9 Å². The number of aromatic amines is 1. The van der Waals surface area contributed by atoms with Crippen LogP contribution in [0, 0.1) is 10.1 Å². The molecule has 0 bridgehead atoms. The second-order valence-corrected chi connectivity index (χ2v) is 6.50. The number of nitrogens with one attached hydrogen (secondary N) is 1. The summed E-state index contributed by atoms with van der Waals surface area (Å²) < 4.78 is 10.7. The van der Waals surface area contributed by atoms with Crippen LogP contribution >= 0.6 is 11.6 Å². The fraction of sp³-hybridized carbons (Fsp3) is 0.222. The van der Waals surface area contributed by atoms with E-state index in [1.165, 1.54) is 12.1 Å². The van der Waals surface area contributed by atoms with Crippen LogP contribution in [-0.2, 0) is 4.74 Å². The zero-order valence-corrected chi connectivity index (χ0v) is 15.4. The number of hydrogen-bond acceptors (Lipinski definition) is 7. The Balaban J connectivity index is 1.78. The van der Waals surface area contributed by atoms with E-state index in [-0.39, 0.29) is 11.6 Å². The second-order valence-electron chi connectivity index (χ2n) is 6.06. The summed E-state index contributed by atoms with van der Waals surface area (Å²) in [6.45, 7) is 2.52. The molecule has 1 aromatic carbocycles. The van der Waals surface area contributed by atoms with Gasteiger partial charge in [0, 0.05) is 16.8 Å². The smallest absolute Gasteiger partial charge is 0.399 e. The lowest BCUT2D eigenvalue weighted by Gasteiger charge is -2.25. The van der Waals surface area contributed by atoms with Gasteiger partial charge in [0.2, 0.25) is 0 Å². The molecule has 1 fully saturated rings. The van der Waals surface area contributed by atoms with Gasteiger partial charge in [0.15, 0.2) is 5.76 Å². The number of halogens is 1. The summed E-state index contributed by atoms with van der Waals surface area (Å²) >= 11 is 6.03. The molecule has 3 aromatic rings. The SMILES string of the molecule is O=[N+]([O-])c1ccc(-c2n[nH]cc2C(=NN2CCOCC2)c2ccc(Cl)cc2)o1. The predicted molar refractivity (Wildman–Crippen MR) is 102 cm³/mol. The molecular weight excluding hydrogens is 386 g/mol. The van der Waals surface area contributed by atoms with Gasteiger partial charge in [-0.1, -0.05) is 23.7 Å². The highest BCUT2D eigenvalue weighted by Gasteiger charge is 2.22. The third kappa shape index (κ3) is 3.75. The average molecular weight is 402 g/mol. The van der Waals surface area contributed by atoms with Crippen LogP contribution in [0.1, 0.15) is 11.1 Å². The molecule has 28 heavy (non-hydrogen) atoms. The number of nitro groups is 1. The summed E-state index contributed by atoms with van der Waals surface area (Å²) in [7, 11) is 0. The van der Waals surface area contributed by atoms with E-state index in [4.69, 9.17) is 25.9 Å². The van der Waals surface area contributed by atoms with Crippen molar-refractivity contribution < 1.29 is 14.1 Å². The summed E-state index contributed by atoms with van der Waals surface area (Å²) in [6.07, 6.45) is 1.69. The maximum absolute atomic E-state index is 10.9. The lowest BCUT2D eigenvalue weighted by molar-refractivity contribution is -0.401. The number of ether oxygens (including phenoxy) is 1. The van der Waals surface area contributed by atoms with Crippen molar-refractivity contribution in [1.29, 1.82) is 0 Å². The third-order valence-corrected chi connectivity index (χ3v) is 4.50. The highest BCUT2D eigenvalue weighted by molar-refractivity contribution is 6.30. The Morgan fingerprint density at radius 1 is 1.21 bits per heavy atom. The molecule has 0 aliphatic carbocycles. The number of nitrogens with zero attached hydrogens (tertiary/aromatic N) is 4. The van der Waals surface area contributed by atoms with Crippen molar-refractivity contribution in [2.75, 3.05) is 26.3 Å². The molecule has 0 saturated carbocycles. The van der Waals surface area contributed by atoms with E-state index in [1.54, 1.807) is 18.3 Å². The first-order chi connectivity index (χ1) is 13.6. The third-order valence-electron chi connectivity index (χ3n) is 4.25. The number of rotatable bonds is 5. The molecule has 144 valence electrons. The van der Waals surface area contributed by atoms with Gasteiger partial charge < -0.3 is 9.15 Å². The lowest BCUT2D eigenvalue weighted by Crippen LogP contribution is -2.33. The van der Waals surface area contributed by atoms with E-state index < -0.39 is 4.92 Å². The summed E-state index contributed by atoms with van der Waals surface area (Å²) in [4.78, 5) is 10.4. The van der Waals surface area contributed by atoms with Crippen LogP contribution in [0.4, 0.5) is 5.88 Å². The summed E-state index contributed by atoms with van der Waals surface area (Å²) in [5.74, 6) is -0.0614. The molecule has 1 N–H and O–H groups in total. The standard InChI is InChI=1S/C18H16ClN5O4/c19-13-3-1-12(2-4-13)17(22-23-7-9-27-10-8-23)14-11-20-21-18(14)15-5-6-16(28-15)24(25)26/h1-6,11H,7-10H2,(H,20,21). The molecule has 0 unspecified atom stereocenters. The molecule has 0 spiro atoms. The highest BCUT2D eigenvalue weighted by atomic mass is 35.5. The van der Waals surface area contributed by atoms with E-state index in [0.717, 1.165) is 5.56 Å². The number of hydrogen-bond donors (Lipinski definition) is 1. The number of morpholine rings is 1. The van der Waals surface area contributed by atoms with Crippen LogP contribution in [0.5, 0.6) is 0 Å². The zero-order chi connectivity index (χ0) is 19.5. The van der Waals surface area contributed by atoms with Gasteiger partial charge in [-0.05, 0) is 18.2 Å². The lowest BCUT2D eigenvalue weighted by atomic mass is 10.0. The van der Waals surface area contributed by atoms with Crippen LogP contribution in [0.3, 0.4) is 0 Å². The van der Waals surface area contributed by atoms with Gasteiger partial charge in [-0.3, -0.25) is 20.2 Å². The zero-order valence-electron chi connectivity index (χ0n) is 14.7. The number of furan rings is 1. The van der Waals surface area contributed by atoms with E-state index in [1.807, 2.05) is 17.1 Å². The van der Waals surface area contributed by atoms with Gasteiger partial charge in [0.1, 0.15) is 16.3 Å². The average Bonchev–Trinajstić information content (AvgIpc) is 3.37. The topological polar surface area (TPSA) is 110 Å². The van der Waals surface area contributed by atoms with E-state index in [0.29, 0.717) is 48.3 Å². The molecule has 9 nitrogen and oxygen atoms in total. The largest absolute Gasteiger partial charge is 0.433 e. The van der Waals surface area contributed by atoms with Crippen LogP contribution in [0.2, 0.25) is 5.02 Å². The normalized spacial score (nSPS) is 15.0. The molecule has 1 aliphatic rings. The van der Waals surface area contributed by atoms with E-state index in [9.17, 15) is 10.1 Å². The first kappa shape index (κ1) is 18.2. The minimum Gasteiger partial charge on any atom is -0.399 e. The molecule has 0 radical (unpaired) electrons. The van der Waals surface area contributed by atoms with Crippen molar-refractivity contribution in [1.82, 2.24) is 15.2 Å². The highest BCUT2D eigenvalue weighted by Crippen LogP contribution is 2.29. The molecule has 1 aliphatic heterocycles. The Bertz CT molecular complexity index is 1010. The van der Waals surface area contributed by atoms with Gasteiger partial charge in [-0.2, -0.15) is 10.2 Å². The maximum Gasteiger partial charge on any atom is 0.433 e. The molecule has 3 heterocycles. The minimum atomic E-state index is -0.586. The van der Waals surface area contributed by atoms with Crippen LogP contribution in [0.25, 0.3) is 11.5 Å². The van der Waals surface area contributed by atoms with Crippen molar-refractivity contribution in [3.05, 3.63) is 68.9 Å². The Morgan fingerprint density at radius 3 is 2.64 bits per heavy atom. The molecule has 4 rings (SSSR count). The number of benzene rings is 1. The Morgan fingerprint density at radius 2 is 1.96 bits per heavy atom. The van der Waals surface area contributed by atoms with Gasteiger partial charge in [-0.25, -0.2) is 0 Å². The fourth-order valence-corrected chi connectivity index (χ4v) is 3.01. The first-order valence-electron chi connectivity index (χ1n) is 8.58. The van der Waals surface area contributed by atoms with Crippen molar-refractivity contribution in [3.63, 3.8) is 0 Å². The van der Waals surface area contributed by atoms with Gasteiger partial charge >= 0.3 is 5.88 Å². The van der Waals surface area contributed by atoms with E-state index in [2.05, 4.69) is 10.2 Å². The first-order valence-corrected chi connectivity index (χ1v) is 8.95. The van der Waals surface area contributed by atoms with Crippen molar-refractivity contribution >= 4 is 23.2 Å². The molecule has 10 heteroatoms. The monoisotopic (exact) mass is 401 g/mol. The molecule has 1 saturated heterocycles. The molecule has 0 amide bonds. The predicted octanol–water partition coefficient (Wildman–Crippen LogP) is 3.32. The van der Waals surface area contributed by atoms with Gasteiger partial charge in [-0.15, -0.1) is 0 Å². The van der Waals surface area contributed by atoms with Crippen LogP contribution in [-0.4, -0.2) is 52.1 Å². The maximum atomic E-state index is 10.9. The molecule has 2 aromatic heterocycles. The van der Waals surface area contributed by atoms with Crippen molar-refractivity contribution in [3.8, 4) is 11.5 Å².